The summed E-state index contributed by atoms with van der Waals surface area (Å²) in [5.41, 5.74) is 4.24. The summed E-state index contributed by atoms with van der Waals surface area (Å²) in [6.07, 6.45) is 6.80. The zero-order chi connectivity index (χ0) is 13.1. The van der Waals surface area contributed by atoms with Gasteiger partial charge in [-0.1, -0.05) is 44.4 Å². The number of nitrogens with one attached hydrogen (secondary N) is 1. The molecular weight excluding hydrogens is 234 g/mol. The van der Waals surface area contributed by atoms with E-state index < -0.39 is 0 Å². The second-order valence-corrected chi connectivity index (χ2v) is 6.06. The van der Waals surface area contributed by atoms with Crippen molar-refractivity contribution in [2.24, 2.45) is 5.92 Å². The fourth-order valence-corrected chi connectivity index (χ4v) is 3.13. The summed E-state index contributed by atoms with van der Waals surface area (Å²) in [5.74, 6) is 0.943. The number of ether oxygens (including phenoxy) is 1. The van der Waals surface area contributed by atoms with E-state index in [4.69, 9.17) is 4.74 Å². The van der Waals surface area contributed by atoms with E-state index in [1.807, 2.05) is 0 Å². The standard InChI is InChI=1S/C17H25NO/c1-2-8-18-17(9-13-4-3-5-13)14-6-7-15-11-19-12-16(15)10-14/h6-7,10,13,17-18H,2-5,8-9,11-12H2,1H3. The Morgan fingerprint density at radius 1 is 1.26 bits per heavy atom. The number of rotatable bonds is 6. The highest BCUT2D eigenvalue weighted by molar-refractivity contribution is 5.34. The highest BCUT2D eigenvalue weighted by Crippen LogP contribution is 2.35. The van der Waals surface area contributed by atoms with Gasteiger partial charge in [0.25, 0.3) is 0 Å². The third-order valence-corrected chi connectivity index (χ3v) is 4.58. The summed E-state index contributed by atoms with van der Waals surface area (Å²) >= 11 is 0. The predicted molar refractivity (Wildman–Crippen MR) is 77.9 cm³/mol. The van der Waals surface area contributed by atoms with Crippen molar-refractivity contribution in [1.29, 1.82) is 0 Å². The second-order valence-electron chi connectivity index (χ2n) is 6.06. The van der Waals surface area contributed by atoms with Crippen LogP contribution in [0.25, 0.3) is 0 Å². The van der Waals surface area contributed by atoms with Crippen LogP contribution in [0.2, 0.25) is 0 Å². The molecule has 0 spiro atoms. The van der Waals surface area contributed by atoms with E-state index in [0.29, 0.717) is 6.04 Å². The van der Waals surface area contributed by atoms with Gasteiger partial charge in [0.1, 0.15) is 0 Å². The van der Waals surface area contributed by atoms with Crippen LogP contribution in [0.15, 0.2) is 18.2 Å². The van der Waals surface area contributed by atoms with Gasteiger partial charge in [-0.25, -0.2) is 0 Å². The lowest BCUT2D eigenvalue weighted by Crippen LogP contribution is -2.26. The van der Waals surface area contributed by atoms with Crippen molar-refractivity contribution in [2.45, 2.75) is 58.3 Å². The highest BCUT2D eigenvalue weighted by atomic mass is 16.5. The summed E-state index contributed by atoms with van der Waals surface area (Å²) in [5, 5.41) is 3.74. The van der Waals surface area contributed by atoms with Gasteiger partial charge in [-0.05, 0) is 42.0 Å². The monoisotopic (exact) mass is 259 g/mol. The number of hydrogen-bond donors (Lipinski definition) is 1. The quantitative estimate of drug-likeness (QED) is 0.835. The predicted octanol–water partition coefficient (Wildman–Crippen LogP) is 3.95. The van der Waals surface area contributed by atoms with E-state index >= 15 is 0 Å². The molecule has 0 saturated heterocycles. The molecule has 2 heteroatoms. The minimum atomic E-state index is 0.538. The number of hydrogen-bond acceptors (Lipinski definition) is 2. The van der Waals surface area contributed by atoms with E-state index in [2.05, 4.69) is 30.4 Å². The molecule has 1 unspecified atom stereocenters. The Kier molecular flexibility index (Phi) is 4.19. The first-order chi connectivity index (χ1) is 9.36. The molecule has 1 aromatic rings. The number of fused-ring (bicyclic) bond motifs is 1. The molecule has 0 radical (unpaired) electrons. The Morgan fingerprint density at radius 3 is 2.84 bits per heavy atom. The maximum atomic E-state index is 5.52. The van der Waals surface area contributed by atoms with Gasteiger partial charge in [-0.2, -0.15) is 0 Å². The molecule has 1 N–H and O–H groups in total. The Bertz CT molecular complexity index is 425. The second kappa shape index (κ2) is 6.06. The van der Waals surface area contributed by atoms with E-state index in [9.17, 15) is 0 Å². The summed E-state index contributed by atoms with van der Waals surface area (Å²) < 4.78 is 5.52. The Labute approximate surface area is 116 Å². The van der Waals surface area contributed by atoms with Crippen molar-refractivity contribution in [3.8, 4) is 0 Å². The average molecular weight is 259 g/mol. The lowest BCUT2D eigenvalue weighted by molar-refractivity contribution is 0.134. The maximum Gasteiger partial charge on any atom is 0.0725 e. The van der Waals surface area contributed by atoms with Crippen LogP contribution >= 0.6 is 0 Å². The summed E-state index contributed by atoms with van der Waals surface area (Å²) in [6.45, 7) is 4.95. The molecule has 1 aliphatic heterocycles. The molecular formula is C17H25NO. The molecule has 3 rings (SSSR count). The van der Waals surface area contributed by atoms with Crippen molar-refractivity contribution in [1.82, 2.24) is 5.32 Å². The van der Waals surface area contributed by atoms with Crippen LogP contribution in [0.4, 0.5) is 0 Å². The summed E-state index contributed by atoms with van der Waals surface area (Å²) in [7, 11) is 0. The highest BCUT2D eigenvalue weighted by Gasteiger charge is 2.23. The van der Waals surface area contributed by atoms with E-state index in [1.165, 1.54) is 48.8 Å². The molecule has 1 aliphatic carbocycles. The molecule has 1 heterocycles. The van der Waals surface area contributed by atoms with Crippen molar-refractivity contribution in [2.75, 3.05) is 6.54 Å². The topological polar surface area (TPSA) is 21.3 Å². The summed E-state index contributed by atoms with van der Waals surface area (Å²) in [6, 6.07) is 7.48. The van der Waals surface area contributed by atoms with Crippen molar-refractivity contribution in [3.05, 3.63) is 34.9 Å². The molecule has 1 atom stereocenters. The first-order valence-electron chi connectivity index (χ1n) is 7.79. The van der Waals surface area contributed by atoms with Crippen LogP contribution in [0, 0.1) is 5.92 Å². The smallest absolute Gasteiger partial charge is 0.0725 e. The van der Waals surface area contributed by atoms with Gasteiger partial charge in [0.15, 0.2) is 0 Å². The Morgan fingerprint density at radius 2 is 2.11 bits per heavy atom. The molecule has 0 amide bonds. The van der Waals surface area contributed by atoms with Gasteiger partial charge < -0.3 is 10.1 Å². The van der Waals surface area contributed by atoms with E-state index in [1.54, 1.807) is 0 Å². The van der Waals surface area contributed by atoms with Crippen LogP contribution in [-0.4, -0.2) is 6.54 Å². The molecule has 2 aliphatic rings. The molecule has 2 nitrogen and oxygen atoms in total. The minimum Gasteiger partial charge on any atom is -0.372 e. The van der Waals surface area contributed by atoms with Crippen LogP contribution < -0.4 is 5.32 Å². The third kappa shape index (κ3) is 3.01. The molecule has 1 saturated carbocycles. The van der Waals surface area contributed by atoms with Crippen LogP contribution in [0.1, 0.15) is 61.8 Å². The largest absolute Gasteiger partial charge is 0.372 e. The first-order valence-corrected chi connectivity index (χ1v) is 7.79. The molecule has 1 fully saturated rings. The zero-order valence-electron chi connectivity index (χ0n) is 12.0. The molecule has 1 aromatic carbocycles. The SMILES string of the molecule is CCCNC(CC1CCC1)c1ccc2c(c1)COC2. The lowest BCUT2D eigenvalue weighted by atomic mass is 9.79. The minimum absolute atomic E-state index is 0.538. The van der Waals surface area contributed by atoms with Gasteiger partial charge in [0, 0.05) is 6.04 Å². The molecule has 0 bridgehead atoms. The first kappa shape index (κ1) is 13.1. The van der Waals surface area contributed by atoms with Crippen molar-refractivity contribution >= 4 is 0 Å². The fourth-order valence-electron chi connectivity index (χ4n) is 3.13. The van der Waals surface area contributed by atoms with Crippen molar-refractivity contribution in [3.63, 3.8) is 0 Å². The normalized spacial score (nSPS) is 20.1. The average Bonchev–Trinajstić information content (AvgIpc) is 2.84. The van der Waals surface area contributed by atoms with Crippen molar-refractivity contribution < 1.29 is 4.74 Å². The Balaban J connectivity index is 1.73. The third-order valence-electron chi connectivity index (χ3n) is 4.58. The maximum absolute atomic E-state index is 5.52. The van der Waals surface area contributed by atoms with E-state index in [-0.39, 0.29) is 0 Å². The molecule has 104 valence electrons. The summed E-state index contributed by atoms with van der Waals surface area (Å²) in [4.78, 5) is 0. The van der Waals surface area contributed by atoms with E-state index in [0.717, 1.165) is 25.7 Å². The van der Waals surface area contributed by atoms with Gasteiger partial charge in [0.05, 0.1) is 13.2 Å². The Hall–Kier alpha value is -0.860. The fraction of sp³-hybridized carbons (Fsp3) is 0.647. The molecule has 19 heavy (non-hydrogen) atoms. The van der Waals surface area contributed by atoms with Gasteiger partial charge >= 0.3 is 0 Å². The van der Waals surface area contributed by atoms with Crippen LogP contribution in [-0.2, 0) is 18.0 Å². The van der Waals surface area contributed by atoms with Gasteiger partial charge in [0.2, 0.25) is 0 Å². The molecule has 0 aromatic heterocycles. The van der Waals surface area contributed by atoms with Crippen LogP contribution in [0.3, 0.4) is 0 Å². The van der Waals surface area contributed by atoms with Crippen LogP contribution in [0.5, 0.6) is 0 Å². The zero-order valence-corrected chi connectivity index (χ0v) is 12.0. The van der Waals surface area contributed by atoms with Gasteiger partial charge in [-0.3, -0.25) is 0 Å². The number of benzene rings is 1. The van der Waals surface area contributed by atoms with Gasteiger partial charge in [-0.15, -0.1) is 0 Å². The lowest BCUT2D eigenvalue weighted by Gasteiger charge is -2.30.